The lowest BCUT2D eigenvalue weighted by Crippen LogP contribution is -2.41. The maximum absolute atomic E-state index is 12.3. The zero-order valence-electron chi connectivity index (χ0n) is 20.1. The lowest BCUT2D eigenvalue weighted by molar-refractivity contribution is 0.173. The predicted octanol–water partition coefficient (Wildman–Crippen LogP) is 3.25. The third-order valence-corrected chi connectivity index (χ3v) is 6.77. The van der Waals surface area contributed by atoms with Gasteiger partial charge in [0.05, 0.1) is 0 Å². The molecule has 5 rings (SSSR count). The van der Waals surface area contributed by atoms with Crippen molar-refractivity contribution in [1.82, 2.24) is 21.3 Å². The summed E-state index contributed by atoms with van der Waals surface area (Å²) in [5.41, 5.74) is 1.91. The van der Waals surface area contributed by atoms with Gasteiger partial charge in [-0.3, -0.25) is 0 Å². The molecule has 36 heavy (non-hydrogen) atoms. The minimum absolute atomic E-state index is 0.184. The van der Waals surface area contributed by atoms with E-state index in [0.717, 1.165) is 48.3 Å². The van der Waals surface area contributed by atoms with Crippen LogP contribution >= 0.6 is 0 Å². The molecule has 1 aliphatic carbocycles. The average molecular weight is 497 g/mol. The smallest absolute Gasteiger partial charge is 0.315 e. The zero-order chi connectivity index (χ0) is 24.7. The molecule has 1 saturated carbocycles. The molecule has 192 valence electrons. The normalized spacial score (nSPS) is 19.4. The minimum atomic E-state index is -0.184. The van der Waals surface area contributed by atoms with Gasteiger partial charge in [0.2, 0.25) is 13.6 Å². The molecule has 10 heteroatoms. The number of rotatable bonds is 8. The van der Waals surface area contributed by atoms with E-state index in [1.165, 1.54) is 0 Å². The van der Waals surface area contributed by atoms with E-state index >= 15 is 0 Å². The monoisotopic (exact) mass is 496 g/mol. The molecule has 0 unspecified atom stereocenters. The molecule has 0 spiro atoms. The molecule has 1 fully saturated rings. The van der Waals surface area contributed by atoms with E-state index < -0.39 is 0 Å². The fourth-order valence-electron chi connectivity index (χ4n) is 4.84. The van der Waals surface area contributed by atoms with Crippen LogP contribution in [-0.2, 0) is 13.1 Å². The first-order chi connectivity index (χ1) is 17.6. The van der Waals surface area contributed by atoms with Crippen molar-refractivity contribution in [2.24, 2.45) is 11.8 Å². The lowest BCUT2D eigenvalue weighted by atomic mass is 9.81. The van der Waals surface area contributed by atoms with Gasteiger partial charge in [-0.15, -0.1) is 0 Å². The highest BCUT2D eigenvalue weighted by Crippen LogP contribution is 2.33. The first kappa shape index (κ1) is 23.9. The Morgan fingerprint density at radius 3 is 1.64 bits per heavy atom. The quantitative estimate of drug-likeness (QED) is 0.446. The van der Waals surface area contributed by atoms with E-state index in [9.17, 15) is 9.59 Å². The highest BCUT2D eigenvalue weighted by molar-refractivity contribution is 5.74. The number of fused-ring (bicyclic) bond motifs is 2. The second kappa shape index (κ2) is 11.3. The summed E-state index contributed by atoms with van der Waals surface area (Å²) in [6.45, 7) is 2.55. The van der Waals surface area contributed by atoms with Gasteiger partial charge in [0.15, 0.2) is 23.0 Å². The van der Waals surface area contributed by atoms with Crippen molar-refractivity contribution in [2.75, 3.05) is 26.7 Å². The SMILES string of the molecule is O=C(NCc1ccc2c(c1)OCO2)NC[C@H]1CCC[C@H](CNC(=O)NCc2ccc3c(c2)OCO3)C1. The molecular weight excluding hydrogens is 464 g/mol. The zero-order valence-corrected chi connectivity index (χ0v) is 20.1. The standard InChI is InChI=1S/C26H32N4O6/c31-25(29-13-19-4-6-21-23(9-19)35-15-33-21)27-11-17-2-1-3-18(8-17)12-28-26(32)30-14-20-5-7-22-24(10-20)36-16-34-22/h4-7,9-10,17-18H,1-3,8,11-16H2,(H2,27,29,31)(H2,28,30,32)/t17-,18-/m0/s1. The van der Waals surface area contributed by atoms with Crippen LogP contribution in [0.3, 0.4) is 0 Å². The van der Waals surface area contributed by atoms with Crippen LogP contribution in [0.2, 0.25) is 0 Å². The topological polar surface area (TPSA) is 119 Å². The summed E-state index contributed by atoms with van der Waals surface area (Å²) in [7, 11) is 0. The molecule has 0 radical (unpaired) electrons. The Labute approximate surface area is 210 Å². The number of benzene rings is 2. The molecule has 2 heterocycles. The molecule has 2 atom stereocenters. The van der Waals surface area contributed by atoms with Gasteiger partial charge >= 0.3 is 12.1 Å². The summed E-state index contributed by atoms with van der Waals surface area (Å²) in [4.78, 5) is 24.6. The maximum Gasteiger partial charge on any atom is 0.315 e. The summed E-state index contributed by atoms with van der Waals surface area (Å²) in [5, 5.41) is 11.8. The van der Waals surface area contributed by atoms with Crippen molar-refractivity contribution in [3.05, 3.63) is 47.5 Å². The second-order valence-electron chi connectivity index (χ2n) is 9.40. The van der Waals surface area contributed by atoms with Crippen molar-refractivity contribution >= 4 is 12.1 Å². The van der Waals surface area contributed by atoms with Gasteiger partial charge in [0.25, 0.3) is 0 Å². The van der Waals surface area contributed by atoms with E-state index in [4.69, 9.17) is 18.9 Å². The molecular formula is C26H32N4O6. The first-order valence-corrected chi connectivity index (χ1v) is 12.4. The fourth-order valence-corrected chi connectivity index (χ4v) is 4.84. The highest BCUT2D eigenvalue weighted by Gasteiger charge is 2.23. The van der Waals surface area contributed by atoms with Crippen LogP contribution in [0.4, 0.5) is 9.59 Å². The minimum Gasteiger partial charge on any atom is -0.454 e. The summed E-state index contributed by atoms with van der Waals surface area (Å²) in [6.07, 6.45) is 4.23. The molecule has 4 amide bonds. The number of amides is 4. The van der Waals surface area contributed by atoms with Gasteiger partial charge in [0, 0.05) is 26.2 Å². The average Bonchev–Trinajstić information content (AvgIpc) is 3.57. The molecule has 2 aliphatic heterocycles. The highest BCUT2D eigenvalue weighted by atomic mass is 16.7. The van der Waals surface area contributed by atoms with Crippen molar-refractivity contribution in [3.8, 4) is 23.0 Å². The van der Waals surface area contributed by atoms with Gasteiger partial charge < -0.3 is 40.2 Å². The lowest BCUT2D eigenvalue weighted by Gasteiger charge is -2.29. The van der Waals surface area contributed by atoms with E-state index in [1.54, 1.807) is 0 Å². The maximum atomic E-state index is 12.3. The Hall–Kier alpha value is -3.82. The Balaban J connectivity index is 0.972. The third kappa shape index (κ3) is 6.24. The van der Waals surface area contributed by atoms with Crippen LogP contribution < -0.4 is 40.2 Å². The van der Waals surface area contributed by atoms with Gasteiger partial charge in [-0.1, -0.05) is 18.6 Å². The van der Waals surface area contributed by atoms with Crippen LogP contribution in [0.15, 0.2) is 36.4 Å². The summed E-state index contributed by atoms with van der Waals surface area (Å²) < 4.78 is 21.4. The molecule has 10 nitrogen and oxygen atoms in total. The fraction of sp³-hybridized carbons (Fsp3) is 0.462. The number of hydrogen-bond acceptors (Lipinski definition) is 6. The number of nitrogens with one attached hydrogen (secondary N) is 4. The number of urea groups is 2. The van der Waals surface area contributed by atoms with E-state index in [0.29, 0.717) is 49.5 Å². The van der Waals surface area contributed by atoms with Crippen LogP contribution in [0, 0.1) is 11.8 Å². The summed E-state index contributed by atoms with van der Waals surface area (Å²) in [6, 6.07) is 10.9. The van der Waals surface area contributed by atoms with Crippen molar-refractivity contribution in [2.45, 2.75) is 38.8 Å². The molecule has 2 aromatic rings. The molecule has 0 aromatic heterocycles. The number of ether oxygens (including phenoxy) is 4. The predicted molar refractivity (Wildman–Crippen MR) is 131 cm³/mol. The number of carbonyl (C=O) groups is 2. The number of hydrogen-bond donors (Lipinski definition) is 4. The van der Waals surface area contributed by atoms with Crippen molar-refractivity contribution in [1.29, 1.82) is 0 Å². The van der Waals surface area contributed by atoms with Crippen molar-refractivity contribution in [3.63, 3.8) is 0 Å². The van der Waals surface area contributed by atoms with Crippen LogP contribution in [0.25, 0.3) is 0 Å². The van der Waals surface area contributed by atoms with E-state index in [-0.39, 0.29) is 25.6 Å². The van der Waals surface area contributed by atoms with E-state index in [2.05, 4.69) is 21.3 Å². The Morgan fingerprint density at radius 1 is 0.667 bits per heavy atom. The molecule has 2 aromatic carbocycles. The van der Waals surface area contributed by atoms with Gasteiger partial charge in [-0.25, -0.2) is 9.59 Å². The Morgan fingerprint density at radius 2 is 1.14 bits per heavy atom. The van der Waals surface area contributed by atoms with Crippen LogP contribution in [0.5, 0.6) is 23.0 Å². The first-order valence-electron chi connectivity index (χ1n) is 12.4. The summed E-state index contributed by atoms with van der Waals surface area (Å²) >= 11 is 0. The van der Waals surface area contributed by atoms with Crippen LogP contribution in [0.1, 0.15) is 36.8 Å². The largest absolute Gasteiger partial charge is 0.454 e. The molecule has 3 aliphatic rings. The summed E-state index contributed by atoms with van der Waals surface area (Å²) in [5.74, 6) is 3.67. The van der Waals surface area contributed by atoms with Gasteiger partial charge in [-0.2, -0.15) is 0 Å². The van der Waals surface area contributed by atoms with E-state index in [1.807, 2.05) is 36.4 Å². The van der Waals surface area contributed by atoms with Crippen molar-refractivity contribution < 1.29 is 28.5 Å². The number of carbonyl (C=O) groups excluding carboxylic acids is 2. The van der Waals surface area contributed by atoms with Gasteiger partial charge in [0.1, 0.15) is 0 Å². The second-order valence-corrected chi connectivity index (χ2v) is 9.40. The third-order valence-electron chi connectivity index (χ3n) is 6.77. The van der Waals surface area contributed by atoms with Gasteiger partial charge in [-0.05, 0) is 66.5 Å². The molecule has 0 saturated heterocycles. The molecule has 0 bridgehead atoms. The Bertz CT molecular complexity index is 1010. The Kier molecular flexibility index (Phi) is 7.49. The van der Waals surface area contributed by atoms with Crippen LogP contribution in [-0.4, -0.2) is 38.7 Å². The molecule has 4 N–H and O–H groups in total.